The molecule has 7 heteroatoms. The lowest BCUT2D eigenvalue weighted by atomic mass is 10.00. The zero-order chi connectivity index (χ0) is 13.5. The molecule has 0 aromatic carbocycles. The van der Waals surface area contributed by atoms with E-state index in [-0.39, 0.29) is 5.75 Å². The summed E-state index contributed by atoms with van der Waals surface area (Å²) < 4.78 is 10.8. The van der Waals surface area contributed by atoms with Gasteiger partial charge in [-0.05, 0) is 18.6 Å². The van der Waals surface area contributed by atoms with E-state index in [1.807, 2.05) is 0 Å². The molecule has 1 aliphatic rings. The minimum absolute atomic E-state index is 0.254. The van der Waals surface area contributed by atoms with Crippen LogP contribution in [0.5, 0.6) is 0 Å². The molecule has 1 aliphatic heterocycles. The Balaban J connectivity index is 2.35. The van der Waals surface area contributed by atoms with Crippen LogP contribution in [0.1, 0.15) is 19.3 Å². The molecule has 1 heterocycles. The molecule has 5 atom stereocenters. The second-order valence-corrected chi connectivity index (χ2v) is 5.16. The highest BCUT2D eigenvalue weighted by molar-refractivity contribution is 7.80. The van der Waals surface area contributed by atoms with Crippen LogP contribution in [-0.2, 0) is 9.47 Å². The third-order valence-corrected chi connectivity index (χ3v) is 3.61. The highest BCUT2D eigenvalue weighted by Crippen LogP contribution is 2.23. The molecular weight excluding hydrogens is 276 g/mol. The third kappa shape index (κ3) is 4.56. The minimum atomic E-state index is -1.27. The molecule has 18 heavy (non-hydrogen) atoms. The number of unbranched alkanes of at least 4 members (excludes halogenated alkanes) is 2. The van der Waals surface area contributed by atoms with E-state index in [2.05, 4.69) is 25.3 Å². The van der Waals surface area contributed by atoms with E-state index in [4.69, 9.17) is 9.47 Å². The second kappa shape index (κ2) is 8.63. The molecule has 0 aliphatic carbocycles. The zero-order valence-electron chi connectivity index (χ0n) is 10.2. The van der Waals surface area contributed by atoms with Crippen LogP contribution in [0.2, 0.25) is 0 Å². The Morgan fingerprint density at radius 3 is 2.28 bits per heavy atom. The van der Waals surface area contributed by atoms with Crippen molar-refractivity contribution in [3.8, 4) is 0 Å². The molecule has 1 saturated heterocycles. The van der Waals surface area contributed by atoms with Crippen LogP contribution in [0.4, 0.5) is 0 Å². The first-order valence-electron chi connectivity index (χ1n) is 6.14. The first-order chi connectivity index (χ1) is 8.61. The number of aliphatic hydroxyl groups excluding tert-OH is 3. The van der Waals surface area contributed by atoms with Gasteiger partial charge in [0.2, 0.25) is 0 Å². The standard InChI is InChI=1S/C11H22O5S2/c12-8-7(6-18)16-11(10(14)9(8)13)15-4-2-1-3-5-17/h7-14,17-18H,1-6H2/t7?,8-,9-,10?,11-/m0/s1. The average Bonchev–Trinajstić information content (AvgIpc) is 2.38. The van der Waals surface area contributed by atoms with Crippen molar-refractivity contribution in [1.82, 2.24) is 0 Å². The van der Waals surface area contributed by atoms with E-state index >= 15 is 0 Å². The van der Waals surface area contributed by atoms with Gasteiger partial charge in [0, 0.05) is 12.4 Å². The Bertz CT molecular complexity index is 229. The van der Waals surface area contributed by atoms with Crippen molar-refractivity contribution in [1.29, 1.82) is 0 Å². The summed E-state index contributed by atoms with van der Waals surface area (Å²) in [6.45, 7) is 0.442. The van der Waals surface area contributed by atoms with Crippen LogP contribution in [0.15, 0.2) is 0 Å². The highest BCUT2D eigenvalue weighted by atomic mass is 32.1. The summed E-state index contributed by atoms with van der Waals surface area (Å²) in [5.41, 5.74) is 0. The van der Waals surface area contributed by atoms with Crippen molar-refractivity contribution in [2.24, 2.45) is 0 Å². The molecule has 0 bridgehead atoms. The largest absolute Gasteiger partial charge is 0.388 e. The van der Waals surface area contributed by atoms with Crippen molar-refractivity contribution >= 4 is 25.3 Å². The van der Waals surface area contributed by atoms with Crippen molar-refractivity contribution < 1.29 is 24.8 Å². The molecule has 2 unspecified atom stereocenters. The fraction of sp³-hybridized carbons (Fsp3) is 1.00. The fourth-order valence-corrected chi connectivity index (χ4v) is 2.32. The van der Waals surface area contributed by atoms with E-state index in [0.717, 1.165) is 25.0 Å². The van der Waals surface area contributed by atoms with Gasteiger partial charge in [-0.3, -0.25) is 0 Å². The first kappa shape index (κ1) is 16.6. The molecule has 0 aromatic heterocycles. The Morgan fingerprint density at radius 1 is 0.944 bits per heavy atom. The number of ether oxygens (including phenoxy) is 2. The molecule has 0 saturated carbocycles. The van der Waals surface area contributed by atoms with Crippen LogP contribution in [-0.4, -0.2) is 64.1 Å². The van der Waals surface area contributed by atoms with Gasteiger partial charge in [0.25, 0.3) is 0 Å². The number of thiol groups is 2. The minimum Gasteiger partial charge on any atom is -0.388 e. The quantitative estimate of drug-likeness (QED) is 0.333. The lowest BCUT2D eigenvalue weighted by Crippen LogP contribution is -2.58. The number of rotatable bonds is 7. The summed E-state index contributed by atoms with van der Waals surface area (Å²) in [6, 6.07) is 0. The number of hydrogen-bond donors (Lipinski definition) is 5. The molecule has 1 rings (SSSR count). The summed E-state index contributed by atoms with van der Waals surface area (Å²) >= 11 is 8.14. The number of aliphatic hydroxyl groups is 3. The molecular formula is C11H22O5S2. The fourth-order valence-electron chi connectivity index (χ4n) is 1.80. The maximum absolute atomic E-state index is 9.73. The maximum Gasteiger partial charge on any atom is 0.186 e. The van der Waals surface area contributed by atoms with Crippen molar-refractivity contribution in [3.05, 3.63) is 0 Å². The Kier molecular flexibility index (Phi) is 7.93. The maximum atomic E-state index is 9.73. The Labute approximate surface area is 118 Å². The van der Waals surface area contributed by atoms with Crippen LogP contribution in [0.25, 0.3) is 0 Å². The van der Waals surface area contributed by atoms with Gasteiger partial charge in [-0.25, -0.2) is 0 Å². The van der Waals surface area contributed by atoms with Crippen LogP contribution < -0.4 is 0 Å². The first-order valence-corrected chi connectivity index (χ1v) is 7.41. The topological polar surface area (TPSA) is 79.2 Å². The van der Waals surface area contributed by atoms with Crippen LogP contribution in [0.3, 0.4) is 0 Å². The van der Waals surface area contributed by atoms with Gasteiger partial charge in [-0.15, -0.1) is 0 Å². The molecule has 1 fully saturated rings. The van der Waals surface area contributed by atoms with Crippen molar-refractivity contribution in [3.63, 3.8) is 0 Å². The SMILES string of the molecule is OC1[C@@H](OCCCCCS)OC(CS)[C@H](O)[C@@H]1O. The molecule has 0 aromatic rings. The molecule has 5 nitrogen and oxygen atoms in total. The summed E-state index contributed by atoms with van der Waals surface area (Å²) in [4.78, 5) is 0. The molecule has 108 valence electrons. The second-order valence-electron chi connectivity index (χ2n) is 4.35. The molecule has 0 amide bonds. The molecule has 0 spiro atoms. The lowest BCUT2D eigenvalue weighted by Gasteiger charge is -2.39. The van der Waals surface area contributed by atoms with Gasteiger partial charge in [0.05, 0.1) is 6.10 Å². The van der Waals surface area contributed by atoms with E-state index in [1.54, 1.807) is 0 Å². The predicted octanol–water partition coefficient (Wildman–Crippen LogP) is -0.159. The molecule has 0 radical (unpaired) electrons. The van der Waals surface area contributed by atoms with E-state index in [9.17, 15) is 15.3 Å². The van der Waals surface area contributed by atoms with Crippen molar-refractivity contribution in [2.45, 2.75) is 50.0 Å². The smallest absolute Gasteiger partial charge is 0.186 e. The highest BCUT2D eigenvalue weighted by Gasteiger charge is 2.43. The monoisotopic (exact) mass is 298 g/mol. The lowest BCUT2D eigenvalue weighted by molar-refractivity contribution is -0.292. The summed E-state index contributed by atoms with van der Waals surface area (Å²) in [5, 5.41) is 29.0. The Hall–Kier alpha value is 0.500. The summed E-state index contributed by atoms with van der Waals surface area (Å²) in [6.07, 6.45) is -2.32. The average molecular weight is 298 g/mol. The van der Waals surface area contributed by atoms with E-state index < -0.39 is 30.7 Å². The van der Waals surface area contributed by atoms with Crippen LogP contribution in [0, 0.1) is 0 Å². The van der Waals surface area contributed by atoms with Gasteiger partial charge in [-0.1, -0.05) is 6.42 Å². The number of hydrogen-bond acceptors (Lipinski definition) is 7. The third-order valence-electron chi connectivity index (χ3n) is 2.93. The zero-order valence-corrected chi connectivity index (χ0v) is 12.0. The van der Waals surface area contributed by atoms with Gasteiger partial charge in [0.15, 0.2) is 6.29 Å². The Morgan fingerprint density at radius 2 is 1.67 bits per heavy atom. The van der Waals surface area contributed by atoms with Gasteiger partial charge in [-0.2, -0.15) is 25.3 Å². The van der Waals surface area contributed by atoms with Gasteiger partial charge in [0.1, 0.15) is 18.3 Å². The van der Waals surface area contributed by atoms with E-state index in [1.165, 1.54) is 0 Å². The molecule has 3 N–H and O–H groups in total. The van der Waals surface area contributed by atoms with Crippen molar-refractivity contribution in [2.75, 3.05) is 18.1 Å². The van der Waals surface area contributed by atoms with Gasteiger partial charge < -0.3 is 24.8 Å². The predicted molar refractivity (Wildman–Crippen MR) is 74.2 cm³/mol. The summed E-state index contributed by atoms with van der Waals surface area (Å²) in [7, 11) is 0. The normalized spacial score (nSPS) is 36.8. The van der Waals surface area contributed by atoms with Crippen LogP contribution >= 0.6 is 25.3 Å². The van der Waals surface area contributed by atoms with E-state index in [0.29, 0.717) is 6.61 Å². The summed E-state index contributed by atoms with van der Waals surface area (Å²) in [5.74, 6) is 1.10. The van der Waals surface area contributed by atoms with Gasteiger partial charge >= 0.3 is 0 Å².